The molecule has 8 heteroatoms. The van der Waals surface area contributed by atoms with Gasteiger partial charge in [-0.25, -0.2) is 0 Å². The summed E-state index contributed by atoms with van der Waals surface area (Å²) in [6.45, 7) is 0.334. The third-order valence-corrected chi connectivity index (χ3v) is 6.00. The number of carbonyl (C=O) groups is 2. The Hall–Kier alpha value is -4.04. The molecule has 1 aliphatic heterocycles. The second-order valence-corrected chi connectivity index (χ2v) is 8.00. The van der Waals surface area contributed by atoms with Gasteiger partial charge in [0, 0.05) is 5.56 Å². The number of benzene rings is 3. The Morgan fingerprint density at radius 1 is 0.886 bits per heavy atom. The predicted octanol–water partition coefficient (Wildman–Crippen LogP) is 3.60. The van der Waals surface area contributed by atoms with Crippen molar-refractivity contribution in [1.82, 2.24) is 0 Å². The van der Waals surface area contributed by atoms with Gasteiger partial charge in [-0.3, -0.25) is 9.59 Å². The number of amides is 1. The van der Waals surface area contributed by atoms with E-state index in [4.69, 9.17) is 18.9 Å². The number of para-hydroxylation sites is 3. The summed E-state index contributed by atoms with van der Waals surface area (Å²) in [5.41, 5.74) is -0.887. The van der Waals surface area contributed by atoms with Crippen LogP contribution in [0.15, 0.2) is 66.7 Å². The maximum atomic E-state index is 13.5. The second-order valence-electron chi connectivity index (χ2n) is 8.00. The summed E-state index contributed by atoms with van der Waals surface area (Å²) >= 11 is 0. The molecule has 0 unspecified atom stereocenters. The maximum absolute atomic E-state index is 13.5. The van der Waals surface area contributed by atoms with Crippen LogP contribution in [-0.4, -0.2) is 51.3 Å². The molecule has 4 rings (SSSR count). The van der Waals surface area contributed by atoms with Crippen molar-refractivity contribution in [1.29, 1.82) is 0 Å². The number of carbonyl (C=O) groups excluding carboxylic acids is 2. The first-order valence-corrected chi connectivity index (χ1v) is 11.1. The zero-order valence-electron chi connectivity index (χ0n) is 19.8. The molecule has 0 saturated carbocycles. The Balaban J connectivity index is 1.57. The molecule has 1 aliphatic rings. The van der Waals surface area contributed by atoms with Crippen molar-refractivity contribution in [3.05, 3.63) is 77.9 Å². The second kappa shape index (κ2) is 10.1. The lowest BCUT2D eigenvalue weighted by Crippen LogP contribution is -2.43. The van der Waals surface area contributed by atoms with Crippen molar-refractivity contribution in [3.63, 3.8) is 0 Å². The van der Waals surface area contributed by atoms with Gasteiger partial charge in [0.25, 0.3) is 5.91 Å². The minimum Gasteiger partial charge on any atom is -0.497 e. The minimum atomic E-state index is -2.02. The van der Waals surface area contributed by atoms with E-state index in [9.17, 15) is 14.7 Å². The van der Waals surface area contributed by atoms with E-state index in [-0.39, 0.29) is 18.7 Å². The molecule has 1 atom stereocenters. The summed E-state index contributed by atoms with van der Waals surface area (Å²) < 4.78 is 21.7. The minimum absolute atomic E-state index is 0.161. The molecule has 0 fully saturated rings. The summed E-state index contributed by atoms with van der Waals surface area (Å²) in [4.78, 5) is 28.2. The smallest absolute Gasteiger partial charge is 0.264 e. The van der Waals surface area contributed by atoms with Crippen LogP contribution in [0.3, 0.4) is 0 Å². The van der Waals surface area contributed by atoms with Crippen molar-refractivity contribution in [2.45, 2.75) is 12.0 Å². The van der Waals surface area contributed by atoms with Crippen LogP contribution in [0, 0.1) is 0 Å². The average molecular weight is 478 g/mol. The Kier molecular flexibility index (Phi) is 6.93. The molecule has 0 radical (unpaired) electrons. The van der Waals surface area contributed by atoms with Crippen molar-refractivity contribution in [2.24, 2.45) is 0 Å². The van der Waals surface area contributed by atoms with Gasteiger partial charge in [-0.05, 0) is 36.4 Å². The summed E-state index contributed by atoms with van der Waals surface area (Å²) in [5, 5.41) is 11.6. The van der Waals surface area contributed by atoms with Gasteiger partial charge in [0.1, 0.15) is 18.1 Å². The summed E-state index contributed by atoms with van der Waals surface area (Å²) in [6.07, 6.45) is -0.448. The lowest BCUT2D eigenvalue weighted by atomic mass is 9.88. The number of Topliss-reactive ketones (excluding diaryl/α,β-unsaturated/α-hetero) is 1. The predicted molar refractivity (Wildman–Crippen MR) is 130 cm³/mol. The number of rotatable bonds is 10. The fourth-order valence-electron chi connectivity index (χ4n) is 4.24. The zero-order valence-corrected chi connectivity index (χ0v) is 19.8. The fourth-order valence-corrected chi connectivity index (χ4v) is 4.24. The normalized spacial score (nSPS) is 16.6. The largest absolute Gasteiger partial charge is 0.497 e. The average Bonchev–Trinajstić information content (AvgIpc) is 3.10. The molecule has 1 heterocycles. The first-order valence-electron chi connectivity index (χ1n) is 11.1. The molecule has 3 aromatic carbocycles. The van der Waals surface area contributed by atoms with Gasteiger partial charge < -0.3 is 29.0 Å². The number of methoxy groups -OCH3 is 3. The molecular formula is C27H27NO7. The Bertz CT molecular complexity index is 1240. The number of hydrogen-bond acceptors (Lipinski definition) is 7. The number of anilines is 1. The van der Waals surface area contributed by atoms with Gasteiger partial charge in [0.15, 0.2) is 22.9 Å². The van der Waals surface area contributed by atoms with Gasteiger partial charge in [0.2, 0.25) is 0 Å². The lowest BCUT2D eigenvalue weighted by molar-refractivity contribution is -0.135. The van der Waals surface area contributed by atoms with Crippen LogP contribution in [-0.2, 0) is 10.4 Å². The SMILES string of the molecule is COc1ccc(OC)c(C(=O)C[C@]2(O)C(=O)N(CCOc3ccccc3OC)c3ccccc32)c1. The van der Waals surface area contributed by atoms with Crippen LogP contribution in [0.5, 0.6) is 23.0 Å². The molecule has 0 bridgehead atoms. The standard InChI is InChI=1S/C27H27NO7/c1-32-18-12-13-23(33-2)19(16-18)22(29)17-27(31)20-8-4-5-9-21(20)28(26(27)30)14-15-35-25-11-7-6-10-24(25)34-3/h4-13,16,31H,14-15,17H2,1-3H3/t27-/m1/s1. The van der Waals surface area contributed by atoms with E-state index >= 15 is 0 Å². The van der Waals surface area contributed by atoms with E-state index < -0.39 is 23.7 Å². The number of ketones is 1. The van der Waals surface area contributed by atoms with Crippen molar-refractivity contribution >= 4 is 17.4 Å². The van der Waals surface area contributed by atoms with Crippen LogP contribution in [0.2, 0.25) is 0 Å². The van der Waals surface area contributed by atoms with Gasteiger partial charge in [-0.2, -0.15) is 0 Å². The van der Waals surface area contributed by atoms with Gasteiger partial charge >= 0.3 is 0 Å². The van der Waals surface area contributed by atoms with E-state index in [1.165, 1.54) is 25.2 Å². The molecule has 35 heavy (non-hydrogen) atoms. The summed E-state index contributed by atoms with van der Waals surface area (Å²) in [6, 6.07) is 18.9. The summed E-state index contributed by atoms with van der Waals surface area (Å²) in [7, 11) is 4.50. The molecule has 0 aromatic heterocycles. The molecule has 182 valence electrons. The monoisotopic (exact) mass is 477 g/mol. The Morgan fingerprint density at radius 3 is 2.29 bits per heavy atom. The van der Waals surface area contributed by atoms with Crippen molar-refractivity contribution < 1.29 is 33.6 Å². The van der Waals surface area contributed by atoms with E-state index in [1.807, 2.05) is 12.1 Å². The van der Waals surface area contributed by atoms with Crippen molar-refractivity contribution in [3.8, 4) is 23.0 Å². The van der Waals surface area contributed by atoms with E-state index in [0.29, 0.717) is 34.2 Å². The molecule has 0 aliphatic carbocycles. The van der Waals surface area contributed by atoms with Crippen LogP contribution in [0.4, 0.5) is 5.69 Å². The van der Waals surface area contributed by atoms with Crippen molar-refractivity contribution in [2.75, 3.05) is 39.4 Å². The first kappa shape index (κ1) is 24.1. The highest BCUT2D eigenvalue weighted by molar-refractivity contribution is 6.11. The third-order valence-electron chi connectivity index (χ3n) is 6.00. The molecule has 0 spiro atoms. The van der Waals surface area contributed by atoms with Gasteiger partial charge in [-0.15, -0.1) is 0 Å². The first-order chi connectivity index (χ1) is 16.9. The molecule has 0 saturated heterocycles. The van der Waals surface area contributed by atoms with E-state index in [1.54, 1.807) is 55.6 Å². The van der Waals surface area contributed by atoms with Crippen LogP contribution in [0.25, 0.3) is 0 Å². The third kappa shape index (κ3) is 4.52. The summed E-state index contributed by atoms with van der Waals surface area (Å²) in [5.74, 6) is 0.895. The Morgan fingerprint density at radius 2 is 1.57 bits per heavy atom. The lowest BCUT2D eigenvalue weighted by Gasteiger charge is -2.23. The van der Waals surface area contributed by atoms with Gasteiger partial charge in [0.05, 0.1) is 45.5 Å². The van der Waals surface area contributed by atoms with Crippen LogP contribution < -0.4 is 23.8 Å². The highest BCUT2D eigenvalue weighted by atomic mass is 16.5. The fraction of sp³-hybridized carbons (Fsp3) is 0.259. The molecule has 8 nitrogen and oxygen atoms in total. The molecule has 1 amide bonds. The number of nitrogens with zero attached hydrogens (tertiary/aromatic N) is 1. The van der Waals surface area contributed by atoms with Crippen LogP contribution in [0.1, 0.15) is 22.3 Å². The topological polar surface area (TPSA) is 94.5 Å². The number of ether oxygens (including phenoxy) is 4. The number of fused-ring (bicyclic) bond motifs is 1. The highest BCUT2D eigenvalue weighted by Gasteiger charge is 2.51. The molecule has 3 aromatic rings. The van der Waals surface area contributed by atoms with Crippen LogP contribution >= 0.6 is 0 Å². The molecule has 1 N–H and O–H groups in total. The number of aliphatic hydroxyl groups is 1. The highest BCUT2D eigenvalue weighted by Crippen LogP contribution is 2.43. The zero-order chi connectivity index (χ0) is 25.0. The maximum Gasteiger partial charge on any atom is 0.264 e. The van der Waals surface area contributed by atoms with Gasteiger partial charge in [-0.1, -0.05) is 30.3 Å². The molecular weight excluding hydrogens is 450 g/mol. The quantitative estimate of drug-likeness (QED) is 0.446. The van der Waals surface area contributed by atoms with E-state index in [0.717, 1.165) is 0 Å². The Labute approximate surface area is 203 Å². The number of hydrogen-bond donors (Lipinski definition) is 1. The van der Waals surface area contributed by atoms with E-state index in [2.05, 4.69) is 0 Å².